The van der Waals surface area contributed by atoms with Crippen LogP contribution in [-0.4, -0.2) is 38.1 Å². The van der Waals surface area contributed by atoms with Crippen molar-refractivity contribution in [2.75, 3.05) is 5.75 Å². The van der Waals surface area contributed by atoms with Gasteiger partial charge in [-0.15, -0.1) is 5.10 Å². The van der Waals surface area contributed by atoms with Gasteiger partial charge in [-0.3, -0.25) is 4.79 Å². The molecule has 0 bridgehead atoms. The summed E-state index contributed by atoms with van der Waals surface area (Å²) in [5, 5.41) is 16.7. The molecule has 2 heterocycles. The van der Waals surface area contributed by atoms with E-state index in [2.05, 4.69) is 26.1 Å². The highest BCUT2D eigenvalue weighted by molar-refractivity contribution is 7.99. The van der Waals surface area contributed by atoms with Crippen LogP contribution >= 0.6 is 23.4 Å². The molecule has 0 unspecified atom stereocenters. The molecule has 0 aliphatic heterocycles. The summed E-state index contributed by atoms with van der Waals surface area (Å²) in [6.07, 6.45) is 1.44. The summed E-state index contributed by atoms with van der Waals surface area (Å²) < 4.78 is 7.31. The fourth-order valence-electron chi connectivity index (χ4n) is 2.65. The molecule has 1 N–H and O–H groups in total. The second kappa shape index (κ2) is 9.59. The fourth-order valence-corrected chi connectivity index (χ4v) is 3.52. The molecular formula is C21H17ClN6O2S. The molecule has 0 atom stereocenters. The number of tetrazole rings is 1. The third kappa shape index (κ3) is 5.19. The topological polar surface area (TPSA) is 98.2 Å². The summed E-state index contributed by atoms with van der Waals surface area (Å²) >= 11 is 7.38. The lowest BCUT2D eigenvalue weighted by molar-refractivity contribution is -0.118. The molecule has 4 rings (SSSR count). The van der Waals surface area contributed by atoms with Crippen LogP contribution in [0.15, 0.2) is 75.3 Å². The summed E-state index contributed by atoms with van der Waals surface area (Å²) in [6, 6.07) is 18.7. The smallest absolute Gasteiger partial charge is 0.250 e. The zero-order chi connectivity index (χ0) is 21.6. The number of carbonyl (C=O) groups is 1. The van der Waals surface area contributed by atoms with Crippen molar-refractivity contribution in [1.29, 1.82) is 0 Å². The summed E-state index contributed by atoms with van der Waals surface area (Å²) in [5.74, 6) is 0.988. The van der Waals surface area contributed by atoms with Crippen LogP contribution in [0.1, 0.15) is 11.3 Å². The van der Waals surface area contributed by atoms with Crippen molar-refractivity contribution in [2.24, 2.45) is 5.10 Å². The number of benzene rings is 2. The molecule has 0 spiro atoms. The first-order valence-electron chi connectivity index (χ1n) is 9.25. The van der Waals surface area contributed by atoms with Gasteiger partial charge in [0.2, 0.25) is 5.16 Å². The van der Waals surface area contributed by atoms with Crippen molar-refractivity contribution < 1.29 is 9.21 Å². The molecule has 0 saturated carbocycles. The van der Waals surface area contributed by atoms with Crippen molar-refractivity contribution >= 4 is 35.5 Å². The summed E-state index contributed by atoms with van der Waals surface area (Å²) in [6.45, 7) is 1.94. The van der Waals surface area contributed by atoms with E-state index in [0.717, 1.165) is 16.8 Å². The lowest BCUT2D eigenvalue weighted by atomic mass is 10.1. The van der Waals surface area contributed by atoms with Crippen molar-refractivity contribution in [3.05, 3.63) is 77.0 Å². The van der Waals surface area contributed by atoms with Gasteiger partial charge >= 0.3 is 0 Å². The SMILES string of the molecule is Cc1ccc(-c2ccc(C=NNC(=O)CSc3nnnn3-c3ccccc3)o2)cc1Cl. The number of hydrogen-bond acceptors (Lipinski definition) is 7. The van der Waals surface area contributed by atoms with Gasteiger partial charge in [0.1, 0.15) is 11.5 Å². The Kier molecular flexibility index (Phi) is 6.44. The Morgan fingerprint density at radius 1 is 1.23 bits per heavy atom. The Balaban J connectivity index is 1.31. The highest BCUT2D eigenvalue weighted by Gasteiger charge is 2.11. The van der Waals surface area contributed by atoms with E-state index in [4.69, 9.17) is 16.0 Å². The van der Waals surface area contributed by atoms with Gasteiger partial charge in [0, 0.05) is 10.6 Å². The van der Waals surface area contributed by atoms with Crippen LogP contribution in [0.5, 0.6) is 0 Å². The van der Waals surface area contributed by atoms with Crippen LogP contribution in [0.4, 0.5) is 0 Å². The van der Waals surface area contributed by atoms with Crippen LogP contribution in [0, 0.1) is 6.92 Å². The lowest BCUT2D eigenvalue weighted by Gasteiger charge is -2.03. The molecule has 10 heteroatoms. The quantitative estimate of drug-likeness (QED) is 0.257. The Bertz CT molecular complexity index is 1220. The predicted molar refractivity (Wildman–Crippen MR) is 120 cm³/mol. The Labute approximate surface area is 187 Å². The molecule has 0 saturated heterocycles. The summed E-state index contributed by atoms with van der Waals surface area (Å²) in [7, 11) is 0. The van der Waals surface area contributed by atoms with E-state index >= 15 is 0 Å². The fraction of sp³-hybridized carbons (Fsp3) is 0.0952. The number of para-hydroxylation sites is 1. The molecule has 156 valence electrons. The molecule has 0 radical (unpaired) electrons. The van der Waals surface area contributed by atoms with Gasteiger partial charge in [-0.05, 0) is 53.2 Å². The molecule has 31 heavy (non-hydrogen) atoms. The number of hydrogen-bond donors (Lipinski definition) is 1. The first-order valence-corrected chi connectivity index (χ1v) is 10.6. The van der Waals surface area contributed by atoms with Crippen LogP contribution in [0.2, 0.25) is 5.02 Å². The minimum absolute atomic E-state index is 0.107. The number of halogens is 1. The highest BCUT2D eigenvalue weighted by atomic mass is 35.5. The normalized spacial score (nSPS) is 11.2. The minimum Gasteiger partial charge on any atom is -0.455 e. The summed E-state index contributed by atoms with van der Waals surface area (Å²) in [5.41, 5.74) is 5.15. The zero-order valence-corrected chi connectivity index (χ0v) is 18.0. The van der Waals surface area contributed by atoms with Crippen LogP contribution < -0.4 is 5.43 Å². The van der Waals surface area contributed by atoms with E-state index in [0.29, 0.717) is 21.7 Å². The van der Waals surface area contributed by atoms with Crippen molar-refractivity contribution in [3.63, 3.8) is 0 Å². The molecule has 1 amide bonds. The number of aromatic nitrogens is 4. The number of aryl methyl sites for hydroxylation is 1. The molecule has 0 fully saturated rings. The maximum absolute atomic E-state index is 12.1. The highest BCUT2D eigenvalue weighted by Crippen LogP contribution is 2.26. The molecule has 8 nitrogen and oxygen atoms in total. The molecule has 2 aromatic carbocycles. The van der Waals surface area contributed by atoms with E-state index in [1.54, 1.807) is 10.7 Å². The zero-order valence-electron chi connectivity index (χ0n) is 16.4. The molecule has 0 aliphatic carbocycles. The van der Waals surface area contributed by atoms with Crippen LogP contribution in [0.3, 0.4) is 0 Å². The van der Waals surface area contributed by atoms with E-state index in [-0.39, 0.29) is 11.7 Å². The first kappa shape index (κ1) is 20.8. The van der Waals surface area contributed by atoms with Gasteiger partial charge < -0.3 is 4.42 Å². The molecule has 2 aromatic heterocycles. The largest absolute Gasteiger partial charge is 0.455 e. The number of furan rings is 1. The number of nitrogens with zero attached hydrogens (tertiary/aromatic N) is 5. The maximum atomic E-state index is 12.1. The van der Waals surface area contributed by atoms with Gasteiger partial charge in [-0.25, -0.2) is 5.43 Å². The number of rotatable bonds is 7. The van der Waals surface area contributed by atoms with Gasteiger partial charge in [0.15, 0.2) is 0 Å². The number of hydrazone groups is 1. The van der Waals surface area contributed by atoms with Crippen molar-refractivity contribution in [3.8, 4) is 17.0 Å². The third-order valence-electron chi connectivity index (χ3n) is 4.24. The number of nitrogens with one attached hydrogen (secondary N) is 1. The van der Waals surface area contributed by atoms with E-state index < -0.39 is 0 Å². The standard InChI is InChI=1S/C21H17ClN6O2S/c1-14-7-8-15(11-18(14)22)19-10-9-17(30-19)12-23-24-20(29)13-31-21-25-26-27-28(21)16-5-3-2-4-6-16/h2-12H,13H2,1H3,(H,24,29). The number of thioether (sulfide) groups is 1. The van der Waals surface area contributed by atoms with Crippen LogP contribution in [-0.2, 0) is 4.79 Å². The average molecular weight is 453 g/mol. The molecule has 0 aliphatic rings. The average Bonchev–Trinajstić information content (AvgIpc) is 3.44. The number of carbonyl (C=O) groups excluding carboxylic acids is 1. The van der Waals surface area contributed by atoms with Crippen molar-refractivity contribution in [1.82, 2.24) is 25.6 Å². The van der Waals surface area contributed by atoms with Gasteiger partial charge in [-0.1, -0.05) is 53.7 Å². The third-order valence-corrected chi connectivity index (χ3v) is 5.56. The summed E-state index contributed by atoms with van der Waals surface area (Å²) in [4.78, 5) is 12.1. The van der Waals surface area contributed by atoms with Gasteiger partial charge in [0.25, 0.3) is 5.91 Å². The van der Waals surface area contributed by atoms with E-state index in [1.165, 1.54) is 18.0 Å². The van der Waals surface area contributed by atoms with E-state index in [9.17, 15) is 4.79 Å². The first-order chi connectivity index (χ1) is 15.1. The predicted octanol–water partition coefficient (Wildman–Crippen LogP) is 4.13. The minimum atomic E-state index is -0.291. The molecule has 4 aromatic rings. The van der Waals surface area contributed by atoms with Gasteiger partial charge in [0.05, 0.1) is 17.7 Å². The van der Waals surface area contributed by atoms with Crippen LogP contribution in [0.25, 0.3) is 17.0 Å². The number of amides is 1. The Morgan fingerprint density at radius 3 is 2.87 bits per heavy atom. The second-order valence-corrected chi connectivity index (χ2v) is 7.81. The lowest BCUT2D eigenvalue weighted by Crippen LogP contribution is -2.19. The Hall–Kier alpha value is -3.43. The van der Waals surface area contributed by atoms with Crippen molar-refractivity contribution in [2.45, 2.75) is 12.1 Å². The van der Waals surface area contributed by atoms with E-state index in [1.807, 2.05) is 61.5 Å². The second-order valence-electron chi connectivity index (χ2n) is 6.46. The van der Waals surface area contributed by atoms with Gasteiger partial charge in [-0.2, -0.15) is 9.78 Å². The maximum Gasteiger partial charge on any atom is 0.250 e. The monoisotopic (exact) mass is 452 g/mol. The molecular weight excluding hydrogens is 436 g/mol. The Morgan fingerprint density at radius 2 is 2.06 bits per heavy atom.